The molecule has 8 nitrogen and oxygen atoms in total. The molecule has 1 aromatic heterocycles. The van der Waals surface area contributed by atoms with Gasteiger partial charge in [0, 0.05) is 7.05 Å². The van der Waals surface area contributed by atoms with Gasteiger partial charge in [0.1, 0.15) is 11.9 Å². The number of hydrogen-bond acceptors (Lipinski definition) is 4. The molecular formula is C7H11N4O4-. The zero-order valence-corrected chi connectivity index (χ0v) is 8.31. The number of imidazole rings is 1. The van der Waals surface area contributed by atoms with E-state index in [1.165, 1.54) is 24.9 Å². The van der Waals surface area contributed by atoms with E-state index in [2.05, 4.69) is 10.3 Å². The summed E-state index contributed by atoms with van der Waals surface area (Å²) in [6.45, 7) is -0.0273. The van der Waals surface area contributed by atoms with Crippen LogP contribution in [-0.2, 0) is 18.4 Å². The molecule has 0 bridgehead atoms. The predicted molar refractivity (Wildman–Crippen MR) is 51.0 cm³/mol. The highest BCUT2D eigenvalue weighted by atomic mass is 16.8. The van der Waals surface area contributed by atoms with Gasteiger partial charge in [0.15, 0.2) is 6.61 Å². The normalized spacial score (nSPS) is 9.73. The first kappa shape index (κ1) is 11.0. The van der Waals surface area contributed by atoms with E-state index in [1.807, 2.05) is 0 Å². The smallest absolute Gasteiger partial charge is 0.407 e. The summed E-state index contributed by atoms with van der Waals surface area (Å²) in [6, 6.07) is 0. The maximum atomic E-state index is 10.8. The molecule has 0 saturated carbocycles. The van der Waals surface area contributed by atoms with Crippen LogP contribution in [0.3, 0.4) is 0 Å². The summed E-state index contributed by atoms with van der Waals surface area (Å²) < 4.78 is 6.05. The van der Waals surface area contributed by atoms with Crippen molar-refractivity contribution in [1.29, 1.82) is 0 Å². The van der Waals surface area contributed by atoms with Crippen molar-refractivity contribution in [1.82, 2.24) is 19.8 Å². The number of alkyl carbamates (subject to hydrolysis) is 1. The van der Waals surface area contributed by atoms with Crippen LogP contribution in [0.25, 0.3) is 0 Å². The molecule has 1 rings (SSSR count). The number of aromatic nitrogens is 2. The van der Waals surface area contributed by atoms with Gasteiger partial charge in [0.2, 0.25) is 0 Å². The minimum atomic E-state index is -0.584. The van der Waals surface area contributed by atoms with Crippen molar-refractivity contribution < 1.29 is 9.53 Å². The number of ether oxygens (including phenoxy) is 1. The van der Waals surface area contributed by atoms with Crippen LogP contribution >= 0.6 is 0 Å². The van der Waals surface area contributed by atoms with Gasteiger partial charge in [-0.2, -0.15) is 0 Å². The van der Waals surface area contributed by atoms with Gasteiger partial charge >= 0.3 is 11.7 Å². The van der Waals surface area contributed by atoms with Crippen LogP contribution < -0.4 is 15.8 Å². The molecule has 8 heteroatoms. The van der Waals surface area contributed by atoms with E-state index in [-0.39, 0.29) is 12.2 Å². The van der Waals surface area contributed by atoms with Crippen LogP contribution in [0.5, 0.6) is 0 Å². The van der Waals surface area contributed by atoms with Crippen LogP contribution in [-0.4, -0.2) is 22.7 Å². The van der Waals surface area contributed by atoms with E-state index in [1.54, 1.807) is 0 Å². The van der Waals surface area contributed by atoms with Gasteiger partial charge in [-0.1, -0.05) is 0 Å². The first-order valence-corrected chi connectivity index (χ1v) is 4.11. The summed E-state index contributed by atoms with van der Waals surface area (Å²) in [5, 5.41) is 23.2. The van der Waals surface area contributed by atoms with Gasteiger partial charge < -0.3 is 20.5 Å². The average Bonchev–Trinajstić information content (AvgIpc) is 2.56. The molecule has 0 aromatic carbocycles. The highest BCUT2D eigenvalue weighted by Crippen LogP contribution is 1.95. The summed E-state index contributed by atoms with van der Waals surface area (Å²) in [7, 11) is 2.94. The fourth-order valence-corrected chi connectivity index (χ4v) is 1.00. The van der Waals surface area contributed by atoms with Crippen LogP contribution in [0, 0.1) is 10.4 Å². The van der Waals surface area contributed by atoms with Gasteiger partial charge in [-0.25, -0.2) is 14.3 Å². The van der Waals surface area contributed by atoms with Crippen LogP contribution in [0.4, 0.5) is 4.79 Å². The number of nitrogens with zero attached hydrogens (tertiary/aromatic N) is 2. The van der Waals surface area contributed by atoms with Crippen molar-refractivity contribution in [2.24, 2.45) is 7.05 Å². The third kappa shape index (κ3) is 2.42. The number of hydrogen-bond donors (Lipinski definition) is 2. The Morgan fingerprint density at radius 1 is 1.73 bits per heavy atom. The lowest BCUT2D eigenvalue weighted by atomic mass is 10.5. The monoisotopic (exact) mass is 215 g/mol. The summed E-state index contributed by atoms with van der Waals surface area (Å²) in [5.41, 5.74) is 0.343. The van der Waals surface area contributed by atoms with Crippen molar-refractivity contribution >= 4 is 6.09 Å². The summed E-state index contributed by atoms with van der Waals surface area (Å²) in [6.07, 6.45) is 0.833. The number of carbonyl (C=O) groups excluding carboxylic acids is 1. The van der Waals surface area contributed by atoms with Crippen LogP contribution in [0.1, 0.15) is 5.69 Å². The van der Waals surface area contributed by atoms with E-state index in [9.17, 15) is 15.2 Å². The fraction of sp³-hybridized carbons (Fsp3) is 0.429. The van der Waals surface area contributed by atoms with Crippen molar-refractivity contribution in [3.8, 4) is 0 Å². The molecule has 0 aliphatic rings. The van der Waals surface area contributed by atoms with Crippen LogP contribution in [0.2, 0.25) is 0 Å². The Bertz CT molecular complexity index is 415. The Kier molecular flexibility index (Phi) is 3.21. The molecule has 0 atom stereocenters. The fourth-order valence-electron chi connectivity index (χ4n) is 1.00. The molecular weight excluding hydrogens is 204 g/mol. The molecule has 0 radical (unpaired) electrons. The van der Waals surface area contributed by atoms with Crippen LogP contribution in [0.15, 0.2) is 6.20 Å². The summed E-state index contributed by atoms with van der Waals surface area (Å²) in [4.78, 5) is 12.7. The second-order valence-corrected chi connectivity index (χ2v) is 2.75. The standard InChI is InChI=1S/C7H11N4O4/c1-8-7(12)15-4-5-3-9-6(10(5)2)11(13)14/h3,9H,4H2,1-2H3,(H-,8,12,13,14)/q-1. The number of amides is 1. The van der Waals surface area contributed by atoms with Crippen molar-refractivity contribution in [3.63, 3.8) is 0 Å². The van der Waals surface area contributed by atoms with E-state index in [0.717, 1.165) is 0 Å². The third-order valence-corrected chi connectivity index (χ3v) is 1.84. The topological polar surface area (TPSA) is 108 Å². The summed E-state index contributed by atoms with van der Waals surface area (Å²) in [5.74, 6) is 0. The minimum absolute atomic E-state index is 0.0273. The van der Waals surface area contributed by atoms with Gasteiger partial charge in [-0.15, -0.1) is 0 Å². The molecule has 0 spiro atoms. The molecule has 1 heterocycles. The van der Waals surface area contributed by atoms with Crippen molar-refractivity contribution in [2.45, 2.75) is 6.61 Å². The Hall–Kier alpha value is -2.12. The summed E-state index contributed by atoms with van der Waals surface area (Å²) >= 11 is 0. The lowest BCUT2D eigenvalue weighted by Gasteiger charge is -2.11. The number of aromatic amines is 1. The number of nitrogens with one attached hydrogen (secondary N) is 2. The Morgan fingerprint density at radius 3 is 2.87 bits per heavy atom. The van der Waals surface area contributed by atoms with Crippen molar-refractivity contribution in [2.75, 3.05) is 7.05 Å². The molecule has 1 aromatic rings. The zero-order valence-electron chi connectivity index (χ0n) is 8.31. The Morgan fingerprint density at radius 2 is 2.40 bits per heavy atom. The van der Waals surface area contributed by atoms with E-state index >= 15 is 0 Å². The lowest BCUT2D eigenvalue weighted by Crippen LogP contribution is -2.29. The predicted octanol–water partition coefficient (Wildman–Crippen LogP) is -1.02. The second-order valence-electron chi connectivity index (χ2n) is 2.75. The molecule has 0 unspecified atom stereocenters. The maximum Gasteiger partial charge on any atom is 0.407 e. The molecule has 2 N–H and O–H groups in total. The SMILES string of the molecule is CNC(=O)OCc1c[nH]c(=[N+]([O-])[O-])n1C. The van der Waals surface area contributed by atoms with Gasteiger partial charge in [0.25, 0.3) is 0 Å². The zero-order chi connectivity index (χ0) is 11.4. The second kappa shape index (κ2) is 4.40. The number of rotatable bonds is 2. The molecule has 0 aliphatic heterocycles. The first-order valence-electron chi connectivity index (χ1n) is 4.11. The average molecular weight is 215 g/mol. The first-order chi connectivity index (χ1) is 7.06. The molecule has 0 fully saturated rings. The molecule has 1 amide bonds. The van der Waals surface area contributed by atoms with E-state index in [4.69, 9.17) is 4.74 Å². The maximum absolute atomic E-state index is 10.8. The van der Waals surface area contributed by atoms with E-state index in [0.29, 0.717) is 5.69 Å². The number of carbonyl (C=O) groups is 1. The van der Waals surface area contributed by atoms with Crippen molar-refractivity contribution in [3.05, 3.63) is 27.9 Å². The lowest BCUT2D eigenvalue weighted by molar-refractivity contribution is 0.139. The third-order valence-electron chi connectivity index (χ3n) is 1.84. The highest BCUT2D eigenvalue weighted by molar-refractivity contribution is 5.66. The quantitative estimate of drug-likeness (QED) is 0.615. The number of H-pyrrole nitrogens is 1. The van der Waals surface area contributed by atoms with E-state index < -0.39 is 11.0 Å². The minimum Gasteiger partial charge on any atom is -0.744 e. The largest absolute Gasteiger partial charge is 0.744 e. The molecule has 15 heavy (non-hydrogen) atoms. The molecule has 0 saturated heterocycles. The Balaban J connectivity index is 2.81. The van der Waals surface area contributed by atoms with Gasteiger partial charge in [0.05, 0.1) is 7.05 Å². The van der Waals surface area contributed by atoms with Gasteiger partial charge in [-0.3, -0.25) is 4.90 Å². The Labute approximate surface area is 85.0 Å². The van der Waals surface area contributed by atoms with Gasteiger partial charge in [-0.05, 0) is 0 Å². The molecule has 84 valence electrons. The molecule has 0 aliphatic carbocycles. The highest BCUT2D eigenvalue weighted by Gasteiger charge is 2.09.